The Morgan fingerprint density at radius 1 is 1.24 bits per heavy atom. The number of ether oxygens (including phenoxy) is 1. The number of nitrogens with one attached hydrogen (secondary N) is 2. The summed E-state index contributed by atoms with van der Waals surface area (Å²) in [5.74, 6) is 3.15. The quantitative estimate of drug-likeness (QED) is 0.533. The lowest BCUT2D eigenvalue weighted by Crippen LogP contribution is -2.51. The van der Waals surface area contributed by atoms with Gasteiger partial charge in [0.05, 0.1) is 16.7 Å². The van der Waals surface area contributed by atoms with E-state index in [0.717, 1.165) is 24.3 Å². The topological polar surface area (TPSA) is 70.6 Å². The molecule has 5 rings (SSSR count). The molecule has 4 aliphatic rings. The molecule has 160 valence electrons. The van der Waals surface area contributed by atoms with E-state index >= 15 is 0 Å². The Morgan fingerprint density at radius 2 is 1.90 bits per heavy atom. The van der Waals surface area contributed by atoms with Crippen LogP contribution in [0.15, 0.2) is 18.2 Å². The molecule has 3 N–H and O–H groups in total. The van der Waals surface area contributed by atoms with Crippen molar-refractivity contribution in [3.63, 3.8) is 0 Å². The zero-order valence-electron chi connectivity index (χ0n) is 17.3. The molecule has 4 saturated carbocycles. The highest BCUT2D eigenvalue weighted by atomic mass is 35.5. The van der Waals surface area contributed by atoms with Gasteiger partial charge < -0.3 is 20.5 Å². The Labute approximate surface area is 178 Å². The van der Waals surface area contributed by atoms with E-state index in [0.29, 0.717) is 41.4 Å². The van der Waals surface area contributed by atoms with Crippen molar-refractivity contribution in [1.29, 1.82) is 0 Å². The lowest BCUT2D eigenvalue weighted by molar-refractivity contribution is -0.0503. The van der Waals surface area contributed by atoms with Crippen LogP contribution in [-0.4, -0.2) is 43.4 Å². The molecule has 1 amide bonds. The first-order chi connectivity index (χ1) is 13.9. The van der Waals surface area contributed by atoms with E-state index in [4.69, 9.17) is 16.3 Å². The van der Waals surface area contributed by atoms with Crippen molar-refractivity contribution in [3.8, 4) is 5.75 Å². The molecule has 1 aromatic rings. The van der Waals surface area contributed by atoms with Crippen molar-refractivity contribution in [2.45, 2.75) is 51.6 Å². The van der Waals surface area contributed by atoms with Gasteiger partial charge in [0.2, 0.25) is 0 Å². The van der Waals surface area contributed by atoms with Crippen LogP contribution in [0.25, 0.3) is 0 Å². The summed E-state index contributed by atoms with van der Waals surface area (Å²) in [6.45, 7) is 4.12. The van der Waals surface area contributed by atoms with Crippen LogP contribution in [0.4, 0.5) is 0 Å². The molecule has 1 aromatic carbocycles. The summed E-state index contributed by atoms with van der Waals surface area (Å²) in [6.07, 6.45) is 7.66. The molecule has 0 saturated heterocycles. The molecule has 29 heavy (non-hydrogen) atoms. The number of aliphatic hydroxyl groups excluding tert-OH is 1. The maximum atomic E-state index is 12.9. The van der Waals surface area contributed by atoms with Gasteiger partial charge in [0.25, 0.3) is 5.91 Å². The minimum Gasteiger partial charge on any atom is -0.492 e. The molecule has 0 unspecified atom stereocenters. The molecule has 4 fully saturated rings. The van der Waals surface area contributed by atoms with Gasteiger partial charge in [0.15, 0.2) is 0 Å². The summed E-state index contributed by atoms with van der Waals surface area (Å²) in [4.78, 5) is 12.9. The van der Waals surface area contributed by atoms with Gasteiger partial charge in [0, 0.05) is 19.6 Å². The van der Waals surface area contributed by atoms with E-state index in [9.17, 15) is 9.90 Å². The van der Waals surface area contributed by atoms with Crippen LogP contribution in [0.2, 0.25) is 5.02 Å². The van der Waals surface area contributed by atoms with Crippen molar-refractivity contribution < 1.29 is 14.6 Å². The first-order valence-corrected chi connectivity index (χ1v) is 11.4. The van der Waals surface area contributed by atoms with Crippen LogP contribution in [0, 0.1) is 23.2 Å². The number of benzene rings is 1. The van der Waals surface area contributed by atoms with E-state index in [-0.39, 0.29) is 12.0 Å². The molecule has 4 bridgehead atoms. The van der Waals surface area contributed by atoms with Crippen LogP contribution in [0.3, 0.4) is 0 Å². The molecule has 0 heterocycles. The van der Waals surface area contributed by atoms with Gasteiger partial charge in [-0.05, 0) is 86.8 Å². The van der Waals surface area contributed by atoms with Gasteiger partial charge in [-0.2, -0.15) is 0 Å². The lowest BCUT2D eigenvalue weighted by atomic mass is 9.49. The van der Waals surface area contributed by atoms with Gasteiger partial charge in [-0.3, -0.25) is 4.79 Å². The van der Waals surface area contributed by atoms with Gasteiger partial charge in [-0.25, -0.2) is 0 Å². The smallest absolute Gasteiger partial charge is 0.252 e. The number of rotatable bonds is 9. The highest BCUT2D eigenvalue weighted by Crippen LogP contribution is 2.59. The summed E-state index contributed by atoms with van der Waals surface area (Å²) in [6, 6.07) is 5.23. The van der Waals surface area contributed by atoms with Crippen LogP contribution in [0.5, 0.6) is 5.75 Å². The van der Waals surface area contributed by atoms with E-state index < -0.39 is 0 Å². The number of aliphatic hydroxyl groups is 1. The summed E-state index contributed by atoms with van der Waals surface area (Å²) in [5.41, 5.74) is 0.784. The molecule has 1 atom stereocenters. The van der Waals surface area contributed by atoms with Crippen LogP contribution < -0.4 is 15.4 Å². The molecule has 0 spiro atoms. The average molecular weight is 421 g/mol. The van der Waals surface area contributed by atoms with Crippen molar-refractivity contribution in [3.05, 3.63) is 28.8 Å². The summed E-state index contributed by atoms with van der Waals surface area (Å²) in [5, 5.41) is 16.0. The SMILES string of the molecule is C[C@H](O)CNCCOc1ccc(Cl)c(C(=O)NCC23CC4CC(CC(C4)C2)C3)c1. The van der Waals surface area contributed by atoms with Gasteiger partial charge >= 0.3 is 0 Å². The Morgan fingerprint density at radius 3 is 2.52 bits per heavy atom. The lowest BCUT2D eigenvalue weighted by Gasteiger charge is -2.56. The number of hydrogen-bond donors (Lipinski definition) is 3. The molecule has 0 radical (unpaired) electrons. The Balaban J connectivity index is 1.31. The number of hydrogen-bond acceptors (Lipinski definition) is 4. The Hall–Kier alpha value is -1.30. The molecule has 6 heteroatoms. The standard InChI is InChI=1S/C23H33ClN2O3/c1-15(27)13-25-4-5-29-19-2-3-21(24)20(9-19)22(28)26-14-23-10-16-6-17(11-23)8-18(7-16)12-23/h2-3,9,15-18,25,27H,4-8,10-14H2,1H3,(H,26,28)/t15-,16?,17?,18?,23?/m0/s1. The average Bonchev–Trinajstić information content (AvgIpc) is 2.66. The fraction of sp³-hybridized carbons (Fsp3) is 0.696. The molecular formula is C23H33ClN2O3. The molecule has 5 nitrogen and oxygen atoms in total. The predicted octanol–water partition coefficient (Wildman–Crippen LogP) is 3.64. The summed E-state index contributed by atoms with van der Waals surface area (Å²) >= 11 is 6.31. The van der Waals surface area contributed by atoms with Crippen LogP contribution >= 0.6 is 11.6 Å². The first kappa shape index (κ1) is 21.0. The number of halogens is 1. The Kier molecular flexibility index (Phi) is 6.38. The maximum Gasteiger partial charge on any atom is 0.252 e. The number of carbonyl (C=O) groups is 1. The fourth-order valence-electron chi connectivity index (χ4n) is 6.19. The van der Waals surface area contributed by atoms with Crippen molar-refractivity contribution in [2.24, 2.45) is 23.2 Å². The highest BCUT2D eigenvalue weighted by molar-refractivity contribution is 6.33. The highest BCUT2D eigenvalue weighted by Gasteiger charge is 2.50. The minimum atomic E-state index is -0.380. The van der Waals surface area contributed by atoms with E-state index in [1.165, 1.54) is 38.5 Å². The van der Waals surface area contributed by atoms with E-state index in [1.807, 2.05) is 0 Å². The summed E-state index contributed by atoms with van der Waals surface area (Å²) < 4.78 is 5.73. The van der Waals surface area contributed by atoms with Crippen LogP contribution in [-0.2, 0) is 0 Å². The van der Waals surface area contributed by atoms with Gasteiger partial charge in [0.1, 0.15) is 12.4 Å². The monoisotopic (exact) mass is 420 g/mol. The second-order valence-electron chi connectivity index (χ2n) is 9.64. The Bertz CT molecular complexity index is 702. The van der Waals surface area contributed by atoms with E-state index in [2.05, 4.69) is 10.6 Å². The second kappa shape index (κ2) is 8.83. The third-order valence-corrected chi connectivity index (χ3v) is 7.29. The zero-order valence-corrected chi connectivity index (χ0v) is 18.0. The summed E-state index contributed by atoms with van der Waals surface area (Å²) in [7, 11) is 0. The van der Waals surface area contributed by atoms with Crippen molar-refractivity contribution >= 4 is 17.5 Å². The number of carbonyl (C=O) groups excluding carboxylic acids is 1. The minimum absolute atomic E-state index is 0.108. The maximum absolute atomic E-state index is 12.9. The van der Waals surface area contributed by atoms with Gasteiger partial charge in [-0.1, -0.05) is 11.6 Å². The molecule has 0 aliphatic heterocycles. The third-order valence-electron chi connectivity index (χ3n) is 6.96. The predicted molar refractivity (Wildman–Crippen MR) is 114 cm³/mol. The second-order valence-corrected chi connectivity index (χ2v) is 10.1. The molecule has 0 aromatic heterocycles. The largest absolute Gasteiger partial charge is 0.492 e. The van der Waals surface area contributed by atoms with E-state index in [1.54, 1.807) is 25.1 Å². The molecular weight excluding hydrogens is 388 g/mol. The number of amides is 1. The van der Waals surface area contributed by atoms with Crippen molar-refractivity contribution in [2.75, 3.05) is 26.2 Å². The van der Waals surface area contributed by atoms with Gasteiger partial charge in [-0.15, -0.1) is 0 Å². The fourth-order valence-corrected chi connectivity index (χ4v) is 6.39. The van der Waals surface area contributed by atoms with Crippen LogP contribution in [0.1, 0.15) is 55.8 Å². The first-order valence-electron chi connectivity index (χ1n) is 11.0. The zero-order chi connectivity index (χ0) is 20.4. The normalized spacial score (nSPS) is 30.9. The third kappa shape index (κ3) is 5.07. The van der Waals surface area contributed by atoms with Crippen molar-refractivity contribution in [1.82, 2.24) is 10.6 Å². The molecule has 4 aliphatic carbocycles.